The zero-order chi connectivity index (χ0) is 7.56. The topological polar surface area (TPSA) is 20.2 Å². The van der Waals surface area contributed by atoms with Gasteiger partial charge in [-0.2, -0.15) is 0 Å². The molecule has 0 atom stereocenters. The van der Waals surface area contributed by atoms with Gasteiger partial charge >= 0.3 is 0 Å². The lowest BCUT2D eigenvalue weighted by molar-refractivity contribution is 0.471. The average Bonchev–Trinajstić information content (AvgIpc) is 1.95. The SMILES string of the molecule is [CH2]Cc1ccc(O)c(I)c1. The van der Waals surface area contributed by atoms with Crippen molar-refractivity contribution >= 4 is 22.6 Å². The zero-order valence-corrected chi connectivity index (χ0v) is 7.63. The van der Waals surface area contributed by atoms with Gasteiger partial charge in [-0.1, -0.05) is 6.07 Å². The van der Waals surface area contributed by atoms with E-state index in [1.165, 1.54) is 0 Å². The smallest absolute Gasteiger partial charge is 0.128 e. The van der Waals surface area contributed by atoms with Crippen LogP contribution in [0.25, 0.3) is 0 Å². The Balaban J connectivity index is 3.04. The van der Waals surface area contributed by atoms with Gasteiger partial charge < -0.3 is 5.11 Å². The molecule has 1 N–H and O–H groups in total. The van der Waals surface area contributed by atoms with Crippen LogP contribution in [0.1, 0.15) is 5.56 Å². The Labute approximate surface area is 74.2 Å². The molecule has 0 amide bonds. The first-order valence-electron chi connectivity index (χ1n) is 3.00. The lowest BCUT2D eigenvalue weighted by Gasteiger charge is -1.98. The van der Waals surface area contributed by atoms with Gasteiger partial charge in [0.25, 0.3) is 0 Å². The summed E-state index contributed by atoms with van der Waals surface area (Å²) in [7, 11) is 0. The highest BCUT2D eigenvalue weighted by atomic mass is 127. The molecule has 1 radical (unpaired) electrons. The quantitative estimate of drug-likeness (QED) is 0.755. The van der Waals surface area contributed by atoms with Crippen LogP contribution in [0, 0.1) is 10.5 Å². The Hall–Kier alpha value is -0.250. The predicted octanol–water partition coefficient (Wildman–Crippen LogP) is 2.37. The number of benzene rings is 1. The van der Waals surface area contributed by atoms with Crippen LogP contribution in [-0.2, 0) is 6.42 Å². The first-order valence-corrected chi connectivity index (χ1v) is 4.08. The molecule has 0 aliphatic rings. The summed E-state index contributed by atoms with van der Waals surface area (Å²) in [6, 6.07) is 5.51. The third-order valence-electron chi connectivity index (χ3n) is 1.30. The molecule has 1 rings (SSSR count). The fraction of sp³-hybridized carbons (Fsp3) is 0.125. The molecule has 0 heterocycles. The minimum Gasteiger partial charge on any atom is -0.507 e. The molecule has 0 unspecified atom stereocenters. The van der Waals surface area contributed by atoms with Crippen molar-refractivity contribution in [2.75, 3.05) is 0 Å². The fourth-order valence-electron chi connectivity index (χ4n) is 0.706. The number of rotatable bonds is 1. The molecular weight excluding hydrogens is 239 g/mol. The second-order valence-electron chi connectivity index (χ2n) is 2.04. The Bertz CT molecular complexity index is 233. The Morgan fingerprint density at radius 3 is 2.70 bits per heavy atom. The number of hydrogen-bond acceptors (Lipinski definition) is 1. The molecule has 0 fully saturated rings. The van der Waals surface area contributed by atoms with E-state index in [4.69, 9.17) is 5.11 Å². The van der Waals surface area contributed by atoms with Crippen molar-refractivity contribution in [1.29, 1.82) is 0 Å². The summed E-state index contributed by atoms with van der Waals surface area (Å²) in [6.45, 7) is 3.74. The highest BCUT2D eigenvalue weighted by Crippen LogP contribution is 2.19. The molecule has 0 saturated carbocycles. The third kappa shape index (κ3) is 1.62. The van der Waals surface area contributed by atoms with Crippen LogP contribution < -0.4 is 0 Å². The fourth-order valence-corrected chi connectivity index (χ4v) is 1.29. The molecule has 1 aromatic rings. The molecule has 0 bridgehead atoms. The van der Waals surface area contributed by atoms with Crippen molar-refractivity contribution in [3.63, 3.8) is 0 Å². The van der Waals surface area contributed by atoms with Crippen molar-refractivity contribution < 1.29 is 5.11 Å². The van der Waals surface area contributed by atoms with Crippen LogP contribution in [0.2, 0.25) is 0 Å². The molecule has 0 spiro atoms. The van der Waals surface area contributed by atoms with Crippen LogP contribution in [0.15, 0.2) is 18.2 Å². The maximum Gasteiger partial charge on any atom is 0.128 e. The van der Waals surface area contributed by atoms with Crippen LogP contribution in [0.4, 0.5) is 0 Å². The van der Waals surface area contributed by atoms with Gasteiger partial charge in [-0.15, -0.1) is 0 Å². The summed E-state index contributed by atoms with van der Waals surface area (Å²) in [4.78, 5) is 0. The maximum atomic E-state index is 9.11. The van der Waals surface area contributed by atoms with Crippen molar-refractivity contribution in [1.82, 2.24) is 0 Å². The molecule has 0 aliphatic carbocycles. The normalized spacial score (nSPS) is 9.80. The van der Waals surface area contributed by atoms with Gasteiger partial charge in [0.05, 0.1) is 3.57 Å². The lowest BCUT2D eigenvalue weighted by Crippen LogP contribution is -1.80. The van der Waals surface area contributed by atoms with Crippen LogP contribution in [0.5, 0.6) is 5.75 Å². The molecule has 2 heteroatoms. The molecule has 10 heavy (non-hydrogen) atoms. The van der Waals surface area contributed by atoms with E-state index in [2.05, 4.69) is 29.5 Å². The Morgan fingerprint density at radius 2 is 2.20 bits per heavy atom. The summed E-state index contributed by atoms with van der Waals surface area (Å²) in [5.41, 5.74) is 1.15. The number of hydrogen-bond donors (Lipinski definition) is 1. The summed E-state index contributed by atoms with van der Waals surface area (Å²) in [6.07, 6.45) is 0.774. The average molecular weight is 247 g/mol. The van der Waals surface area contributed by atoms with E-state index in [1.54, 1.807) is 6.07 Å². The molecule has 0 saturated heterocycles. The van der Waals surface area contributed by atoms with Crippen LogP contribution in [-0.4, -0.2) is 5.11 Å². The van der Waals surface area contributed by atoms with Crippen LogP contribution >= 0.6 is 22.6 Å². The molecule has 0 aliphatic heterocycles. The van der Waals surface area contributed by atoms with Crippen molar-refractivity contribution in [3.05, 3.63) is 34.3 Å². The van der Waals surface area contributed by atoms with Gasteiger partial charge in [-0.25, -0.2) is 0 Å². The third-order valence-corrected chi connectivity index (χ3v) is 2.16. The second-order valence-corrected chi connectivity index (χ2v) is 3.20. The van der Waals surface area contributed by atoms with E-state index in [-0.39, 0.29) is 0 Å². The van der Waals surface area contributed by atoms with Crippen molar-refractivity contribution in [2.24, 2.45) is 0 Å². The second kappa shape index (κ2) is 3.23. The van der Waals surface area contributed by atoms with Crippen LogP contribution in [0.3, 0.4) is 0 Å². The van der Waals surface area contributed by atoms with E-state index in [1.807, 2.05) is 12.1 Å². The lowest BCUT2D eigenvalue weighted by atomic mass is 10.2. The predicted molar refractivity (Wildman–Crippen MR) is 49.9 cm³/mol. The van der Waals surface area contributed by atoms with Gasteiger partial charge in [-0.05, 0) is 53.6 Å². The molecule has 1 aromatic carbocycles. The van der Waals surface area contributed by atoms with Gasteiger partial charge in [0.15, 0.2) is 0 Å². The largest absolute Gasteiger partial charge is 0.507 e. The molecular formula is C8H8IO. The molecule has 1 nitrogen and oxygen atoms in total. The van der Waals surface area contributed by atoms with Gasteiger partial charge in [-0.3, -0.25) is 0 Å². The summed E-state index contributed by atoms with van der Waals surface area (Å²) >= 11 is 2.10. The number of halogens is 1. The van der Waals surface area contributed by atoms with Gasteiger partial charge in [0.1, 0.15) is 5.75 Å². The number of phenolic OH excluding ortho intramolecular Hbond substituents is 1. The highest BCUT2D eigenvalue weighted by molar-refractivity contribution is 14.1. The van der Waals surface area contributed by atoms with E-state index >= 15 is 0 Å². The zero-order valence-electron chi connectivity index (χ0n) is 5.47. The Morgan fingerprint density at radius 1 is 1.50 bits per heavy atom. The van der Waals surface area contributed by atoms with Gasteiger partial charge in [0, 0.05) is 0 Å². The number of phenols is 1. The molecule has 0 aromatic heterocycles. The van der Waals surface area contributed by atoms with E-state index in [0.29, 0.717) is 5.75 Å². The number of aromatic hydroxyl groups is 1. The highest BCUT2D eigenvalue weighted by Gasteiger charge is 1.96. The monoisotopic (exact) mass is 247 g/mol. The minimum atomic E-state index is 0.345. The van der Waals surface area contributed by atoms with E-state index in [9.17, 15) is 0 Å². The summed E-state index contributed by atoms with van der Waals surface area (Å²) in [5.74, 6) is 0.345. The first kappa shape index (κ1) is 7.85. The summed E-state index contributed by atoms with van der Waals surface area (Å²) < 4.78 is 0.888. The van der Waals surface area contributed by atoms with Crippen molar-refractivity contribution in [3.8, 4) is 5.75 Å². The van der Waals surface area contributed by atoms with E-state index in [0.717, 1.165) is 15.6 Å². The summed E-state index contributed by atoms with van der Waals surface area (Å²) in [5, 5.41) is 9.11. The van der Waals surface area contributed by atoms with Crippen molar-refractivity contribution in [2.45, 2.75) is 6.42 Å². The standard InChI is InChI=1S/C8H8IO/c1-2-6-3-4-8(10)7(9)5-6/h3-5,10H,1-2H2. The Kier molecular flexibility index (Phi) is 2.54. The molecule has 53 valence electrons. The first-order chi connectivity index (χ1) is 4.74. The van der Waals surface area contributed by atoms with E-state index < -0.39 is 0 Å². The maximum absolute atomic E-state index is 9.11. The minimum absolute atomic E-state index is 0.345. The van der Waals surface area contributed by atoms with Gasteiger partial charge in [0.2, 0.25) is 0 Å².